The summed E-state index contributed by atoms with van der Waals surface area (Å²) in [7, 11) is 0. The maximum atomic E-state index is 8.60. The molecule has 2 aromatic rings. The van der Waals surface area contributed by atoms with Gasteiger partial charge < -0.3 is 43.0 Å². The summed E-state index contributed by atoms with van der Waals surface area (Å²) in [5, 5.41) is 8.60. The van der Waals surface area contributed by atoms with E-state index < -0.39 is 0 Å². The monoisotopic (exact) mass is 577 g/mol. The molecule has 2 atom stereocenters. The summed E-state index contributed by atoms with van der Waals surface area (Å²) in [5.74, 6) is 0.780. The number of nitrogens with zero attached hydrogens (tertiary/aromatic N) is 1. The lowest BCUT2D eigenvalue weighted by Gasteiger charge is -2.18. The van der Waals surface area contributed by atoms with E-state index in [1.807, 2.05) is 74.7 Å². The highest BCUT2D eigenvalue weighted by molar-refractivity contribution is 5.81. The summed E-state index contributed by atoms with van der Waals surface area (Å²) in [5.41, 5.74) is 1.93. The van der Waals surface area contributed by atoms with Crippen LogP contribution in [-0.4, -0.2) is 116 Å². The van der Waals surface area contributed by atoms with Crippen LogP contribution in [0.4, 0.5) is 5.69 Å². The van der Waals surface area contributed by atoms with Crippen LogP contribution < -0.4 is 4.74 Å². The largest absolute Gasteiger partial charge is 0.491 e. The summed E-state index contributed by atoms with van der Waals surface area (Å²) >= 11 is 0. The van der Waals surface area contributed by atoms with Gasteiger partial charge in [0.05, 0.1) is 104 Å². The summed E-state index contributed by atoms with van der Waals surface area (Å²) in [6, 6.07) is 17.6. The van der Waals surface area contributed by atoms with E-state index >= 15 is 0 Å². The fraction of sp³-hybridized carbons (Fsp3) is 0.581. The van der Waals surface area contributed by atoms with Gasteiger partial charge in [-0.3, -0.25) is 4.99 Å². The fourth-order valence-electron chi connectivity index (χ4n) is 3.31. The zero-order valence-electron chi connectivity index (χ0n) is 24.5. The number of rotatable bonds is 26. The zero-order chi connectivity index (χ0) is 29.2. The first-order valence-corrected chi connectivity index (χ1v) is 14.2. The van der Waals surface area contributed by atoms with E-state index in [0.29, 0.717) is 85.9 Å². The average Bonchev–Trinajstić information content (AvgIpc) is 3.00. The molecule has 2 unspecified atom stereocenters. The van der Waals surface area contributed by atoms with E-state index in [-0.39, 0.29) is 18.8 Å². The molecule has 10 nitrogen and oxygen atoms in total. The van der Waals surface area contributed by atoms with E-state index in [1.165, 1.54) is 0 Å². The van der Waals surface area contributed by atoms with Gasteiger partial charge in [0.15, 0.2) is 0 Å². The number of hydrogen-bond donors (Lipinski definition) is 1. The van der Waals surface area contributed by atoms with Crippen molar-refractivity contribution in [3.63, 3.8) is 0 Å². The molecule has 230 valence electrons. The first kappa shape index (κ1) is 34.8. The highest BCUT2D eigenvalue weighted by Crippen LogP contribution is 2.18. The molecule has 0 saturated carbocycles. The van der Waals surface area contributed by atoms with E-state index in [0.717, 1.165) is 17.0 Å². The predicted molar refractivity (Wildman–Crippen MR) is 158 cm³/mol. The van der Waals surface area contributed by atoms with Gasteiger partial charge in [0.25, 0.3) is 0 Å². The summed E-state index contributed by atoms with van der Waals surface area (Å²) in [4.78, 5) is 4.47. The Morgan fingerprint density at radius 2 is 1.17 bits per heavy atom. The van der Waals surface area contributed by atoms with Gasteiger partial charge in [0, 0.05) is 6.21 Å². The van der Waals surface area contributed by atoms with Crippen LogP contribution in [0.25, 0.3) is 0 Å². The molecular formula is C31H47NO9. The molecule has 0 aliphatic heterocycles. The van der Waals surface area contributed by atoms with Crippen LogP contribution in [0.2, 0.25) is 0 Å². The van der Waals surface area contributed by atoms with E-state index in [4.69, 9.17) is 43.0 Å². The second-order valence-corrected chi connectivity index (χ2v) is 9.08. The third-order valence-electron chi connectivity index (χ3n) is 5.45. The molecule has 0 aliphatic carbocycles. The van der Waals surface area contributed by atoms with Crippen molar-refractivity contribution in [2.24, 2.45) is 4.99 Å². The van der Waals surface area contributed by atoms with Crippen molar-refractivity contribution in [2.75, 3.05) is 92.5 Å². The molecule has 41 heavy (non-hydrogen) atoms. The number of aliphatic imine (C=N–C) groups is 1. The minimum absolute atomic E-state index is 0.0248. The van der Waals surface area contributed by atoms with Crippen LogP contribution in [0.1, 0.15) is 19.4 Å². The smallest absolute Gasteiger partial charge is 0.119 e. The summed E-state index contributed by atoms with van der Waals surface area (Å²) in [6.45, 7) is 10.1. The maximum Gasteiger partial charge on any atom is 0.119 e. The van der Waals surface area contributed by atoms with E-state index in [9.17, 15) is 0 Å². The maximum absolute atomic E-state index is 8.60. The predicted octanol–water partition coefficient (Wildman–Crippen LogP) is 3.70. The van der Waals surface area contributed by atoms with Crippen LogP contribution >= 0.6 is 0 Å². The van der Waals surface area contributed by atoms with E-state index in [1.54, 1.807) is 0 Å². The third-order valence-corrected chi connectivity index (χ3v) is 5.45. The van der Waals surface area contributed by atoms with Crippen molar-refractivity contribution < 1.29 is 43.0 Å². The molecule has 0 radical (unpaired) electrons. The van der Waals surface area contributed by atoms with Crippen molar-refractivity contribution in [1.29, 1.82) is 0 Å². The van der Waals surface area contributed by atoms with Gasteiger partial charge in [-0.05, 0) is 43.7 Å². The fourth-order valence-corrected chi connectivity index (χ4v) is 3.31. The van der Waals surface area contributed by atoms with Gasteiger partial charge >= 0.3 is 0 Å². The first-order chi connectivity index (χ1) is 20.2. The molecule has 2 aromatic carbocycles. The van der Waals surface area contributed by atoms with Crippen molar-refractivity contribution in [2.45, 2.75) is 26.1 Å². The van der Waals surface area contributed by atoms with Gasteiger partial charge in [-0.15, -0.1) is 0 Å². The van der Waals surface area contributed by atoms with Gasteiger partial charge in [0.1, 0.15) is 12.4 Å². The standard InChI is InChI=1S/C31H47NO9/c1-27(41-26-28(2)39-22-20-36-17-16-35-15-14-34-13-12-33)25-38-19-18-37-21-23-40-31-10-8-30(9-11-31)32-24-29-6-4-3-5-7-29/h3-11,24,27-28,33H,12-23,25-26H2,1-2H3. The van der Waals surface area contributed by atoms with Crippen molar-refractivity contribution in [3.8, 4) is 5.75 Å². The molecule has 0 bridgehead atoms. The molecular weight excluding hydrogens is 530 g/mol. The number of aliphatic hydroxyl groups excluding tert-OH is 1. The number of hydrogen-bond acceptors (Lipinski definition) is 10. The second kappa shape index (κ2) is 24.2. The molecule has 0 amide bonds. The minimum atomic E-state index is -0.0425. The number of aliphatic hydroxyl groups is 1. The van der Waals surface area contributed by atoms with E-state index in [2.05, 4.69) is 4.99 Å². The molecule has 0 heterocycles. The molecule has 0 aromatic heterocycles. The number of benzene rings is 2. The quantitative estimate of drug-likeness (QED) is 0.132. The van der Waals surface area contributed by atoms with Crippen LogP contribution in [0.3, 0.4) is 0 Å². The molecule has 10 heteroatoms. The molecule has 0 fully saturated rings. The van der Waals surface area contributed by atoms with Crippen LogP contribution in [-0.2, 0) is 33.2 Å². The Kier molecular flexibility index (Phi) is 20.5. The van der Waals surface area contributed by atoms with Gasteiger partial charge in [0.2, 0.25) is 0 Å². The Morgan fingerprint density at radius 3 is 1.83 bits per heavy atom. The topological polar surface area (TPSA) is 106 Å². The van der Waals surface area contributed by atoms with Crippen molar-refractivity contribution in [1.82, 2.24) is 0 Å². The Hall–Kier alpha value is -2.41. The van der Waals surface area contributed by atoms with Gasteiger partial charge in [-0.2, -0.15) is 0 Å². The molecule has 1 N–H and O–H groups in total. The van der Waals surface area contributed by atoms with Gasteiger partial charge in [-0.1, -0.05) is 30.3 Å². The van der Waals surface area contributed by atoms with Gasteiger partial charge in [-0.25, -0.2) is 0 Å². The molecule has 0 aliphatic rings. The molecule has 2 rings (SSSR count). The lowest BCUT2D eigenvalue weighted by molar-refractivity contribution is -0.0723. The minimum Gasteiger partial charge on any atom is -0.491 e. The summed E-state index contributed by atoms with van der Waals surface area (Å²) in [6.07, 6.45) is 1.76. The lowest BCUT2D eigenvalue weighted by atomic mass is 10.2. The first-order valence-electron chi connectivity index (χ1n) is 14.2. The summed E-state index contributed by atoms with van der Waals surface area (Å²) < 4.78 is 44.3. The zero-order valence-corrected chi connectivity index (χ0v) is 24.5. The number of ether oxygens (including phenoxy) is 8. The van der Waals surface area contributed by atoms with Crippen molar-refractivity contribution >= 4 is 11.9 Å². The van der Waals surface area contributed by atoms with Crippen LogP contribution in [0.15, 0.2) is 59.6 Å². The average molecular weight is 578 g/mol. The Labute approximate surface area is 244 Å². The Morgan fingerprint density at radius 1 is 0.610 bits per heavy atom. The Bertz CT molecular complexity index is 883. The molecule has 0 saturated heterocycles. The van der Waals surface area contributed by atoms with Crippen LogP contribution in [0, 0.1) is 0 Å². The highest BCUT2D eigenvalue weighted by Gasteiger charge is 2.07. The third kappa shape index (κ3) is 19.4. The molecule has 0 spiro atoms. The second-order valence-electron chi connectivity index (χ2n) is 9.08. The van der Waals surface area contributed by atoms with Crippen molar-refractivity contribution in [3.05, 3.63) is 60.2 Å². The highest BCUT2D eigenvalue weighted by atomic mass is 16.6. The van der Waals surface area contributed by atoms with Crippen LogP contribution in [0.5, 0.6) is 5.75 Å². The lowest BCUT2D eigenvalue weighted by Crippen LogP contribution is -2.25. The Balaban J connectivity index is 1.36. The SMILES string of the molecule is CC(COCCOCCOc1ccc(N=Cc2ccccc2)cc1)OCC(C)OCCOCCOCCOCCO. The normalized spacial score (nSPS) is 13.0.